The van der Waals surface area contributed by atoms with Crippen LogP contribution in [0.2, 0.25) is 0 Å². The van der Waals surface area contributed by atoms with Gasteiger partial charge in [-0.1, -0.05) is 36.4 Å². The molecule has 0 saturated heterocycles. The van der Waals surface area contributed by atoms with Crippen LogP contribution in [0.1, 0.15) is 21.6 Å². The zero-order valence-corrected chi connectivity index (χ0v) is 17.3. The number of carbonyl (C=O) groups is 1. The fraction of sp³-hybridized carbons (Fsp3) is 0.174. The van der Waals surface area contributed by atoms with Gasteiger partial charge in [-0.25, -0.2) is 4.98 Å². The second kappa shape index (κ2) is 7.87. The van der Waals surface area contributed by atoms with Gasteiger partial charge in [0, 0.05) is 37.3 Å². The number of nitrogens with two attached hydrogens (primary N) is 1. The van der Waals surface area contributed by atoms with Crippen molar-refractivity contribution in [3.05, 3.63) is 77.6 Å². The molecule has 2 heterocycles. The quantitative estimate of drug-likeness (QED) is 0.517. The average Bonchev–Trinajstić information content (AvgIpc) is 3.08. The Labute approximate surface area is 175 Å². The van der Waals surface area contributed by atoms with Gasteiger partial charge in [0.1, 0.15) is 0 Å². The molecule has 7 heteroatoms. The lowest BCUT2D eigenvalue weighted by Gasteiger charge is -2.18. The van der Waals surface area contributed by atoms with E-state index in [0.29, 0.717) is 18.1 Å². The Morgan fingerprint density at radius 2 is 1.90 bits per heavy atom. The van der Waals surface area contributed by atoms with Gasteiger partial charge in [-0.3, -0.25) is 9.36 Å². The Morgan fingerprint density at radius 3 is 2.60 bits per heavy atom. The molecule has 0 bridgehead atoms. The number of benzene rings is 2. The topological polar surface area (TPSA) is 89.1 Å². The Balaban J connectivity index is 1.79. The lowest BCUT2D eigenvalue weighted by atomic mass is 10.1. The van der Waals surface area contributed by atoms with Crippen LogP contribution in [0.4, 0.5) is 11.5 Å². The molecule has 3 N–H and O–H groups in total. The Kier molecular flexibility index (Phi) is 5.10. The normalized spacial score (nSPS) is 10.9. The number of hydrogen-bond donors (Lipinski definition) is 2. The van der Waals surface area contributed by atoms with Crippen LogP contribution in [0.15, 0.2) is 60.8 Å². The summed E-state index contributed by atoms with van der Waals surface area (Å²) in [6, 6.07) is 17.6. The molecule has 0 aliphatic carbocycles. The van der Waals surface area contributed by atoms with E-state index in [9.17, 15) is 4.79 Å². The maximum Gasteiger partial charge on any atom is 0.249 e. The molecule has 4 rings (SSSR count). The summed E-state index contributed by atoms with van der Waals surface area (Å²) >= 11 is 0. The van der Waals surface area contributed by atoms with Crippen molar-refractivity contribution >= 4 is 28.3 Å². The summed E-state index contributed by atoms with van der Waals surface area (Å²) in [5, 5.41) is 4.22. The highest BCUT2D eigenvalue weighted by molar-refractivity contribution is 6.06. The summed E-state index contributed by atoms with van der Waals surface area (Å²) in [4.78, 5) is 23.2. The van der Waals surface area contributed by atoms with Crippen LogP contribution in [0.25, 0.3) is 16.9 Å². The number of nitrogens with zero attached hydrogens (tertiary/aromatic N) is 4. The summed E-state index contributed by atoms with van der Waals surface area (Å²) < 4.78 is 1.94. The molecule has 0 atom stereocenters. The molecular formula is C23H24N6O. The average molecular weight is 400 g/mol. The zero-order chi connectivity index (χ0) is 21.3. The molecule has 0 saturated carbocycles. The maximum absolute atomic E-state index is 11.8. The van der Waals surface area contributed by atoms with E-state index in [1.54, 1.807) is 12.3 Å². The molecular weight excluding hydrogens is 376 g/mol. The van der Waals surface area contributed by atoms with Crippen LogP contribution >= 0.6 is 0 Å². The number of aromatic nitrogens is 3. The molecule has 0 aliphatic heterocycles. The van der Waals surface area contributed by atoms with Gasteiger partial charge in [-0.15, -0.1) is 0 Å². The Bertz CT molecular complexity index is 1210. The largest absolute Gasteiger partial charge is 0.373 e. The number of anilines is 2. The molecule has 7 nitrogen and oxygen atoms in total. The number of primary amides is 1. The Morgan fingerprint density at radius 1 is 1.13 bits per heavy atom. The second-order valence-electron chi connectivity index (χ2n) is 7.36. The van der Waals surface area contributed by atoms with Gasteiger partial charge >= 0.3 is 0 Å². The van der Waals surface area contributed by atoms with E-state index < -0.39 is 5.91 Å². The fourth-order valence-electron chi connectivity index (χ4n) is 3.56. The molecule has 2 aromatic heterocycles. The minimum Gasteiger partial charge on any atom is -0.373 e. The molecule has 152 valence electrons. The van der Waals surface area contributed by atoms with Crippen molar-refractivity contribution in [1.82, 2.24) is 14.5 Å². The van der Waals surface area contributed by atoms with Crippen molar-refractivity contribution in [3.8, 4) is 5.95 Å². The smallest absolute Gasteiger partial charge is 0.249 e. The number of aryl methyl sites for hydroxylation is 1. The van der Waals surface area contributed by atoms with E-state index in [2.05, 4.69) is 22.4 Å². The minimum atomic E-state index is -0.452. The molecule has 0 radical (unpaired) electrons. The first-order valence-electron chi connectivity index (χ1n) is 9.69. The van der Waals surface area contributed by atoms with Crippen molar-refractivity contribution in [1.29, 1.82) is 0 Å². The van der Waals surface area contributed by atoms with Crippen molar-refractivity contribution < 1.29 is 4.79 Å². The summed E-state index contributed by atoms with van der Waals surface area (Å²) in [5.41, 5.74) is 9.86. The van der Waals surface area contributed by atoms with Crippen LogP contribution < -0.4 is 16.0 Å². The van der Waals surface area contributed by atoms with Crippen molar-refractivity contribution in [2.75, 3.05) is 24.3 Å². The number of nitrogens with one attached hydrogen (secondary N) is 1. The highest BCUT2D eigenvalue weighted by Crippen LogP contribution is 2.28. The molecule has 0 fully saturated rings. The molecule has 30 heavy (non-hydrogen) atoms. The van der Waals surface area contributed by atoms with E-state index >= 15 is 0 Å². The molecule has 1 amide bonds. The second-order valence-corrected chi connectivity index (χ2v) is 7.36. The van der Waals surface area contributed by atoms with E-state index in [-0.39, 0.29) is 0 Å². The van der Waals surface area contributed by atoms with Crippen LogP contribution in [0.3, 0.4) is 0 Å². The predicted molar refractivity (Wildman–Crippen MR) is 120 cm³/mol. The summed E-state index contributed by atoms with van der Waals surface area (Å²) in [6.45, 7) is 2.61. The predicted octanol–water partition coefficient (Wildman–Crippen LogP) is 3.51. The molecule has 0 aliphatic rings. The monoisotopic (exact) mass is 400 g/mol. The lowest BCUT2D eigenvalue weighted by molar-refractivity contribution is 0.100. The van der Waals surface area contributed by atoms with E-state index in [1.165, 1.54) is 0 Å². The number of fused-ring (bicyclic) bond motifs is 1. The van der Waals surface area contributed by atoms with Gasteiger partial charge in [-0.05, 0) is 30.7 Å². The minimum absolute atomic E-state index is 0.452. The first-order valence-corrected chi connectivity index (χ1v) is 9.69. The fourth-order valence-corrected chi connectivity index (χ4v) is 3.56. The molecule has 2 aromatic carbocycles. The number of rotatable bonds is 6. The van der Waals surface area contributed by atoms with Crippen LogP contribution in [0.5, 0.6) is 0 Å². The number of amides is 1. The number of carbonyl (C=O) groups excluding carboxylic acids is 1. The number of hydrogen-bond acceptors (Lipinski definition) is 5. The summed E-state index contributed by atoms with van der Waals surface area (Å²) in [6.07, 6.45) is 1.80. The summed E-state index contributed by atoms with van der Waals surface area (Å²) in [5.74, 6) is 0.818. The van der Waals surface area contributed by atoms with E-state index in [4.69, 9.17) is 10.7 Å². The van der Waals surface area contributed by atoms with Gasteiger partial charge in [0.2, 0.25) is 11.9 Å². The Hall–Kier alpha value is -3.87. The van der Waals surface area contributed by atoms with Gasteiger partial charge in [-0.2, -0.15) is 4.98 Å². The van der Waals surface area contributed by atoms with Gasteiger partial charge in [0.15, 0.2) is 5.82 Å². The van der Waals surface area contributed by atoms with Crippen LogP contribution in [-0.2, 0) is 6.54 Å². The van der Waals surface area contributed by atoms with E-state index in [0.717, 1.165) is 33.7 Å². The van der Waals surface area contributed by atoms with Gasteiger partial charge in [0.05, 0.1) is 17.4 Å². The van der Waals surface area contributed by atoms with Crippen molar-refractivity contribution in [3.63, 3.8) is 0 Å². The van der Waals surface area contributed by atoms with Crippen molar-refractivity contribution in [2.24, 2.45) is 5.73 Å². The summed E-state index contributed by atoms with van der Waals surface area (Å²) in [7, 11) is 3.92. The zero-order valence-electron chi connectivity index (χ0n) is 17.3. The van der Waals surface area contributed by atoms with Crippen molar-refractivity contribution in [2.45, 2.75) is 13.5 Å². The highest BCUT2D eigenvalue weighted by Gasteiger charge is 2.17. The van der Waals surface area contributed by atoms with Crippen LogP contribution in [0, 0.1) is 6.92 Å². The van der Waals surface area contributed by atoms with Gasteiger partial charge < -0.3 is 16.0 Å². The highest BCUT2D eigenvalue weighted by atomic mass is 16.1. The lowest BCUT2D eigenvalue weighted by Crippen LogP contribution is -2.16. The maximum atomic E-state index is 11.8. The molecule has 0 unspecified atom stereocenters. The third-order valence-electron chi connectivity index (χ3n) is 5.04. The van der Waals surface area contributed by atoms with E-state index in [1.807, 2.05) is 66.9 Å². The standard InChI is InChI=1S/C23H24N6O/c1-15-12-18-17(21(24)30)10-7-11-19(18)29(15)23-26-14-20(28(2)3)22(27-23)25-13-16-8-5-4-6-9-16/h4-12,14H,13H2,1-3H3,(H2,24,30)(H,25,26,27). The first kappa shape index (κ1) is 19.4. The third-order valence-corrected chi connectivity index (χ3v) is 5.04. The SMILES string of the molecule is Cc1cc2c(C(N)=O)cccc2n1-c1ncc(N(C)C)c(NCc2ccccc2)n1. The molecule has 0 spiro atoms. The van der Waals surface area contributed by atoms with Gasteiger partial charge in [0.25, 0.3) is 0 Å². The first-order chi connectivity index (χ1) is 14.5. The van der Waals surface area contributed by atoms with Crippen LogP contribution in [-0.4, -0.2) is 34.5 Å². The third kappa shape index (κ3) is 3.57. The molecule has 4 aromatic rings.